The van der Waals surface area contributed by atoms with Gasteiger partial charge in [-0.15, -0.1) is 0 Å². The Labute approximate surface area is 197 Å². The van der Waals surface area contributed by atoms with Crippen LogP contribution < -0.4 is 11.3 Å². The van der Waals surface area contributed by atoms with Crippen molar-refractivity contribution in [2.75, 3.05) is 6.54 Å². The quantitative estimate of drug-likeness (QED) is 0.234. The number of hydrogen-bond donors (Lipinski definition) is 2. The lowest BCUT2D eigenvalue weighted by Gasteiger charge is -2.29. The minimum atomic E-state index is 0.229. The number of nitrogens with two attached hydrogens (primary N) is 1. The minimum Gasteiger partial charge on any atom is -0.302 e. The normalized spacial score (nSPS) is 23.7. The third kappa shape index (κ3) is 14.3. The van der Waals surface area contributed by atoms with Gasteiger partial charge in [0.2, 0.25) is 0 Å². The predicted molar refractivity (Wildman–Crippen MR) is 137 cm³/mol. The molecule has 3 N–H and O–H groups in total. The van der Waals surface area contributed by atoms with Crippen LogP contribution in [0.4, 0.5) is 0 Å². The summed E-state index contributed by atoms with van der Waals surface area (Å²) in [5, 5.41) is 0. The topological polar surface area (TPSA) is 72.2 Å². The van der Waals surface area contributed by atoms with Crippen LogP contribution in [0.3, 0.4) is 0 Å². The first kappa shape index (κ1) is 30.2. The molecule has 4 nitrogen and oxygen atoms in total. The van der Waals surface area contributed by atoms with E-state index >= 15 is 0 Å². The Hall–Kier alpha value is -1.78. The fourth-order valence-electron chi connectivity index (χ4n) is 3.99. The summed E-state index contributed by atoms with van der Waals surface area (Å²) in [6.07, 6.45) is 11.6. The van der Waals surface area contributed by atoms with Crippen LogP contribution in [0.5, 0.6) is 0 Å². The molecule has 0 saturated carbocycles. The molecular formula is C28H48N2O2. The Balaban J connectivity index is 0.000000566. The molecule has 0 radical (unpaired) electrons. The molecule has 0 bridgehead atoms. The summed E-state index contributed by atoms with van der Waals surface area (Å²) in [6, 6.07) is 10.6. The van der Waals surface area contributed by atoms with Gasteiger partial charge in [0.05, 0.1) is 6.54 Å². The molecule has 1 aromatic carbocycles. The molecule has 0 aromatic heterocycles. The maximum atomic E-state index is 11.7. The van der Waals surface area contributed by atoms with Crippen molar-refractivity contribution in [1.29, 1.82) is 0 Å². The first-order valence-corrected chi connectivity index (χ1v) is 12.3. The molecule has 0 saturated heterocycles. The van der Waals surface area contributed by atoms with Gasteiger partial charge in [-0.05, 0) is 75.7 Å². The number of benzene rings is 1. The van der Waals surface area contributed by atoms with Crippen molar-refractivity contribution < 1.29 is 9.59 Å². The Bertz CT molecular complexity index is 642. The van der Waals surface area contributed by atoms with E-state index in [1.165, 1.54) is 56.1 Å². The fraction of sp³-hybridized carbons (Fsp3) is 0.643. The molecule has 4 atom stereocenters. The second-order valence-corrected chi connectivity index (χ2v) is 9.33. The Morgan fingerprint density at radius 2 is 1.84 bits per heavy atom. The average Bonchev–Trinajstić information content (AvgIpc) is 2.77. The summed E-state index contributed by atoms with van der Waals surface area (Å²) in [5.74, 6) is 7.33. The molecule has 32 heavy (non-hydrogen) atoms. The van der Waals surface area contributed by atoms with Crippen LogP contribution in [0.1, 0.15) is 85.6 Å². The van der Waals surface area contributed by atoms with E-state index < -0.39 is 0 Å². The van der Waals surface area contributed by atoms with E-state index in [1.54, 1.807) is 6.92 Å². The van der Waals surface area contributed by atoms with Crippen molar-refractivity contribution in [2.24, 2.45) is 29.5 Å². The van der Waals surface area contributed by atoms with Crippen LogP contribution in [-0.2, 0) is 16.0 Å². The highest BCUT2D eigenvalue weighted by Gasteiger charge is 2.25. The summed E-state index contributed by atoms with van der Waals surface area (Å²) in [6.45, 7) is 13.3. The zero-order valence-electron chi connectivity index (χ0n) is 21.4. The van der Waals surface area contributed by atoms with Crippen molar-refractivity contribution in [3.05, 3.63) is 47.5 Å². The molecule has 2 rings (SSSR count). The number of hydrazine groups is 1. The molecule has 0 spiro atoms. The Morgan fingerprint density at radius 3 is 2.34 bits per heavy atom. The van der Waals surface area contributed by atoms with Crippen LogP contribution in [0.15, 0.2) is 42.0 Å². The highest BCUT2D eigenvalue weighted by atomic mass is 16.1. The molecule has 1 aliphatic carbocycles. The van der Waals surface area contributed by atoms with E-state index in [4.69, 9.17) is 0 Å². The number of carbonyl (C=O) groups is 2. The zero-order valence-corrected chi connectivity index (χ0v) is 21.4. The highest BCUT2D eigenvalue weighted by molar-refractivity contribution is 5.78. The monoisotopic (exact) mass is 444 g/mol. The van der Waals surface area contributed by atoms with Gasteiger partial charge in [0, 0.05) is 5.92 Å². The fourth-order valence-corrected chi connectivity index (χ4v) is 3.99. The number of rotatable bonds is 6. The zero-order chi connectivity index (χ0) is 24.4. The largest absolute Gasteiger partial charge is 0.302 e. The van der Waals surface area contributed by atoms with E-state index in [0.717, 1.165) is 11.8 Å². The highest BCUT2D eigenvalue weighted by Crippen LogP contribution is 2.33. The summed E-state index contributed by atoms with van der Waals surface area (Å²) >= 11 is 0. The third-order valence-corrected chi connectivity index (χ3v) is 6.60. The van der Waals surface area contributed by atoms with Gasteiger partial charge in [-0.2, -0.15) is 0 Å². The van der Waals surface area contributed by atoms with E-state index in [-0.39, 0.29) is 12.5 Å². The van der Waals surface area contributed by atoms with E-state index in [0.29, 0.717) is 18.0 Å². The number of allylic oxidation sites excluding steroid dienone is 2. The number of ketones is 1. The van der Waals surface area contributed by atoms with Gasteiger partial charge in [0.15, 0.2) is 0 Å². The van der Waals surface area contributed by atoms with Crippen molar-refractivity contribution >= 4 is 12.1 Å². The molecule has 1 aliphatic rings. The molecule has 0 fully saturated rings. The van der Waals surface area contributed by atoms with Gasteiger partial charge < -0.3 is 4.79 Å². The molecule has 0 aliphatic heterocycles. The lowest BCUT2D eigenvalue weighted by molar-refractivity contribution is -0.122. The number of aldehydes is 1. The smallest absolute Gasteiger partial charge is 0.135 e. The van der Waals surface area contributed by atoms with E-state index in [9.17, 15) is 9.59 Å². The molecule has 1 aromatic rings. The summed E-state index contributed by atoms with van der Waals surface area (Å²) in [7, 11) is 0. The van der Waals surface area contributed by atoms with Crippen molar-refractivity contribution in [3.63, 3.8) is 0 Å². The summed E-state index contributed by atoms with van der Waals surface area (Å²) in [4.78, 5) is 20.9. The maximum Gasteiger partial charge on any atom is 0.135 e. The van der Waals surface area contributed by atoms with Crippen LogP contribution >= 0.6 is 0 Å². The molecule has 182 valence electrons. The number of carbonyl (C=O) groups excluding carboxylic acids is 2. The van der Waals surface area contributed by atoms with Gasteiger partial charge in [-0.3, -0.25) is 16.1 Å². The van der Waals surface area contributed by atoms with Crippen molar-refractivity contribution in [3.8, 4) is 0 Å². The second kappa shape index (κ2) is 18.8. The lowest BCUT2D eigenvalue weighted by Crippen LogP contribution is -2.23. The molecule has 4 heteroatoms. The van der Waals surface area contributed by atoms with Crippen molar-refractivity contribution in [1.82, 2.24) is 5.43 Å². The maximum absolute atomic E-state index is 11.7. The van der Waals surface area contributed by atoms with Gasteiger partial charge >= 0.3 is 0 Å². The standard InChI is InChI=1S/C17H30O.C9H12.C2H6N2O/c1-12-7-6-8-13(2)14(3)11-17(10-9-12)15(4)16(5)18;1-2-6-9-7-4-3-5-8-9;3-4-1-2-5/h7,13-15,17H,6,8-11H2,1-5H3;3-5,7-8H,2,6H2,1H3;2,4H,1,3H2/b12-7+;;/t13?,14?,15-,17?;;/m1../s1. The molecule has 3 unspecified atom stereocenters. The molecule has 0 heterocycles. The van der Waals surface area contributed by atoms with E-state index in [2.05, 4.69) is 82.3 Å². The number of Topliss-reactive ketones (excluding diaryl/α,β-unsaturated/α-hetero) is 1. The lowest BCUT2D eigenvalue weighted by atomic mass is 9.76. The molecular weight excluding hydrogens is 396 g/mol. The van der Waals surface area contributed by atoms with Gasteiger partial charge in [0.25, 0.3) is 0 Å². The van der Waals surface area contributed by atoms with Crippen LogP contribution in [0, 0.1) is 23.7 Å². The summed E-state index contributed by atoms with van der Waals surface area (Å²) in [5.41, 5.74) is 5.11. The van der Waals surface area contributed by atoms with Gasteiger partial charge in [-0.1, -0.05) is 76.1 Å². The van der Waals surface area contributed by atoms with Crippen LogP contribution in [0.25, 0.3) is 0 Å². The van der Waals surface area contributed by atoms with Crippen molar-refractivity contribution in [2.45, 2.75) is 86.5 Å². The van der Waals surface area contributed by atoms with Gasteiger partial charge in [0.1, 0.15) is 12.1 Å². The predicted octanol–water partition coefficient (Wildman–Crippen LogP) is 6.30. The third-order valence-electron chi connectivity index (χ3n) is 6.60. The first-order chi connectivity index (χ1) is 15.3. The Kier molecular flexibility index (Phi) is 17.7. The van der Waals surface area contributed by atoms with E-state index in [1.807, 2.05) is 0 Å². The molecule has 0 amide bonds. The SMILES string of the molecule is CC(=O)[C@@H](C)C1CC/C(C)=C/CCC(C)C(C)C1.CCCc1ccccc1.NNCC=O. The van der Waals surface area contributed by atoms with Gasteiger partial charge in [-0.25, -0.2) is 0 Å². The second-order valence-electron chi connectivity index (χ2n) is 9.33. The Morgan fingerprint density at radius 1 is 1.19 bits per heavy atom. The average molecular weight is 445 g/mol. The number of hydrogen-bond acceptors (Lipinski definition) is 4. The minimum absolute atomic E-state index is 0.229. The van der Waals surface area contributed by atoms with Crippen LogP contribution in [0.2, 0.25) is 0 Å². The number of nitrogens with one attached hydrogen (secondary N) is 1. The number of aryl methyl sites for hydroxylation is 1. The van der Waals surface area contributed by atoms with Crippen LogP contribution in [-0.4, -0.2) is 18.6 Å². The first-order valence-electron chi connectivity index (χ1n) is 12.3. The summed E-state index contributed by atoms with van der Waals surface area (Å²) < 4.78 is 0.